The van der Waals surface area contributed by atoms with Crippen LogP contribution in [0.4, 0.5) is 13.2 Å². The highest BCUT2D eigenvalue weighted by Gasteiger charge is 2.29. The number of alkyl halides is 3. The van der Waals surface area contributed by atoms with Gasteiger partial charge in [-0.1, -0.05) is 24.3 Å². The molecule has 0 heterocycles. The van der Waals surface area contributed by atoms with E-state index in [-0.39, 0.29) is 6.61 Å². The average molecular weight is 331 g/mol. The summed E-state index contributed by atoms with van der Waals surface area (Å²) < 4.78 is 43.5. The monoisotopic (exact) mass is 330 g/mol. The van der Waals surface area contributed by atoms with Crippen LogP contribution in [0.15, 0.2) is 53.0 Å². The quantitative estimate of drug-likeness (QED) is 0.765. The van der Waals surface area contributed by atoms with Gasteiger partial charge in [0.2, 0.25) is 0 Å². The van der Waals surface area contributed by atoms with Gasteiger partial charge in [0, 0.05) is 0 Å². The van der Waals surface area contributed by atoms with E-state index < -0.39 is 11.7 Å². The Kier molecular flexibility index (Phi) is 4.14. The Morgan fingerprint density at radius 1 is 0.947 bits per heavy atom. The molecule has 0 bridgehead atoms. The van der Waals surface area contributed by atoms with Gasteiger partial charge in [0.25, 0.3) is 0 Å². The fourth-order valence-electron chi connectivity index (χ4n) is 1.51. The average Bonchev–Trinajstić information content (AvgIpc) is 2.37. The van der Waals surface area contributed by atoms with Gasteiger partial charge in [-0.2, -0.15) is 13.2 Å². The number of halogens is 4. The summed E-state index contributed by atoms with van der Waals surface area (Å²) in [5.74, 6) is 0.655. The molecule has 0 fully saturated rings. The van der Waals surface area contributed by atoms with E-state index in [9.17, 15) is 13.2 Å². The summed E-state index contributed by atoms with van der Waals surface area (Å²) in [6, 6.07) is 12.2. The van der Waals surface area contributed by atoms with Crippen molar-refractivity contribution in [3.05, 3.63) is 64.1 Å². The zero-order chi connectivity index (χ0) is 13.9. The second-order valence-electron chi connectivity index (χ2n) is 3.91. The molecule has 0 unspecified atom stereocenters. The van der Waals surface area contributed by atoms with Crippen LogP contribution in [-0.4, -0.2) is 0 Å². The highest BCUT2D eigenvalue weighted by Crippen LogP contribution is 2.29. The third-order valence-corrected chi connectivity index (χ3v) is 3.17. The summed E-state index contributed by atoms with van der Waals surface area (Å²) in [7, 11) is 0. The maximum atomic E-state index is 12.4. The van der Waals surface area contributed by atoms with Gasteiger partial charge in [-0.25, -0.2) is 0 Å². The van der Waals surface area contributed by atoms with E-state index in [4.69, 9.17) is 4.74 Å². The number of benzene rings is 2. The predicted molar refractivity (Wildman–Crippen MR) is 69.9 cm³/mol. The van der Waals surface area contributed by atoms with E-state index in [1.807, 2.05) is 18.2 Å². The van der Waals surface area contributed by atoms with Gasteiger partial charge in [0.05, 0.1) is 10.0 Å². The molecule has 19 heavy (non-hydrogen) atoms. The molecule has 1 nitrogen and oxygen atoms in total. The Hall–Kier alpha value is -1.49. The zero-order valence-corrected chi connectivity index (χ0v) is 11.3. The standard InChI is InChI=1S/C14H10BrF3O/c15-12-3-1-2-4-13(12)19-9-10-5-7-11(8-6-10)14(16,17)18/h1-8H,9H2. The molecular weight excluding hydrogens is 321 g/mol. The van der Waals surface area contributed by atoms with E-state index in [2.05, 4.69) is 15.9 Å². The molecular formula is C14H10BrF3O. The lowest BCUT2D eigenvalue weighted by Gasteiger charge is -2.10. The van der Waals surface area contributed by atoms with Gasteiger partial charge < -0.3 is 4.74 Å². The molecule has 100 valence electrons. The molecule has 2 aromatic rings. The molecule has 2 aromatic carbocycles. The van der Waals surface area contributed by atoms with Crippen LogP contribution in [-0.2, 0) is 12.8 Å². The van der Waals surface area contributed by atoms with Crippen LogP contribution in [0, 0.1) is 0 Å². The molecule has 0 aliphatic rings. The van der Waals surface area contributed by atoms with Crippen LogP contribution >= 0.6 is 15.9 Å². The molecule has 0 aliphatic carbocycles. The summed E-state index contributed by atoms with van der Waals surface area (Å²) in [5, 5.41) is 0. The number of ether oxygens (including phenoxy) is 1. The van der Waals surface area contributed by atoms with E-state index in [1.54, 1.807) is 6.07 Å². The third-order valence-electron chi connectivity index (χ3n) is 2.51. The highest BCUT2D eigenvalue weighted by molar-refractivity contribution is 9.10. The van der Waals surface area contributed by atoms with Gasteiger partial charge in [-0.3, -0.25) is 0 Å². The summed E-state index contributed by atoms with van der Waals surface area (Å²) in [5.41, 5.74) is 0.0286. The smallest absolute Gasteiger partial charge is 0.416 e. The lowest BCUT2D eigenvalue weighted by Crippen LogP contribution is -2.05. The van der Waals surface area contributed by atoms with Crippen molar-refractivity contribution in [2.75, 3.05) is 0 Å². The van der Waals surface area contributed by atoms with Crippen molar-refractivity contribution in [1.29, 1.82) is 0 Å². The maximum absolute atomic E-state index is 12.4. The van der Waals surface area contributed by atoms with Crippen molar-refractivity contribution in [2.45, 2.75) is 12.8 Å². The van der Waals surface area contributed by atoms with Gasteiger partial charge in [-0.15, -0.1) is 0 Å². The summed E-state index contributed by atoms with van der Waals surface area (Å²) in [6.45, 7) is 0.223. The van der Waals surface area contributed by atoms with E-state index >= 15 is 0 Å². The van der Waals surface area contributed by atoms with Crippen LogP contribution in [0.1, 0.15) is 11.1 Å². The molecule has 0 saturated carbocycles. The molecule has 5 heteroatoms. The van der Waals surface area contributed by atoms with Gasteiger partial charge >= 0.3 is 6.18 Å². The Morgan fingerprint density at radius 3 is 2.16 bits per heavy atom. The molecule has 0 aliphatic heterocycles. The molecule has 0 atom stereocenters. The lowest BCUT2D eigenvalue weighted by atomic mass is 10.1. The molecule has 0 spiro atoms. The molecule has 0 amide bonds. The fraction of sp³-hybridized carbons (Fsp3) is 0.143. The van der Waals surface area contributed by atoms with Crippen molar-refractivity contribution < 1.29 is 17.9 Å². The normalized spacial score (nSPS) is 11.4. The second-order valence-corrected chi connectivity index (χ2v) is 4.77. The van der Waals surface area contributed by atoms with Crippen LogP contribution in [0.3, 0.4) is 0 Å². The maximum Gasteiger partial charge on any atom is 0.416 e. The topological polar surface area (TPSA) is 9.23 Å². The largest absolute Gasteiger partial charge is 0.488 e. The van der Waals surface area contributed by atoms with Crippen LogP contribution in [0.2, 0.25) is 0 Å². The van der Waals surface area contributed by atoms with Gasteiger partial charge in [-0.05, 0) is 45.8 Å². The summed E-state index contributed by atoms with van der Waals surface area (Å²) in [6.07, 6.45) is -4.30. The predicted octanol–water partition coefficient (Wildman–Crippen LogP) is 5.05. The summed E-state index contributed by atoms with van der Waals surface area (Å²) >= 11 is 3.33. The van der Waals surface area contributed by atoms with Crippen molar-refractivity contribution >= 4 is 15.9 Å². The van der Waals surface area contributed by atoms with Crippen molar-refractivity contribution in [3.63, 3.8) is 0 Å². The minimum Gasteiger partial charge on any atom is -0.488 e. The first-order valence-corrected chi connectivity index (χ1v) is 6.29. The first kappa shape index (κ1) is 13.9. The minimum absolute atomic E-state index is 0.223. The van der Waals surface area contributed by atoms with Gasteiger partial charge in [0.1, 0.15) is 12.4 Å². The Bertz CT molecular complexity index is 549. The van der Waals surface area contributed by atoms with E-state index in [0.29, 0.717) is 11.3 Å². The first-order valence-electron chi connectivity index (χ1n) is 5.50. The van der Waals surface area contributed by atoms with Gasteiger partial charge in [0.15, 0.2) is 0 Å². The fourth-order valence-corrected chi connectivity index (χ4v) is 1.91. The van der Waals surface area contributed by atoms with Crippen molar-refractivity contribution in [3.8, 4) is 5.75 Å². The number of hydrogen-bond acceptors (Lipinski definition) is 1. The zero-order valence-electron chi connectivity index (χ0n) is 9.75. The minimum atomic E-state index is -4.30. The number of hydrogen-bond donors (Lipinski definition) is 0. The Morgan fingerprint density at radius 2 is 1.58 bits per heavy atom. The van der Waals surface area contributed by atoms with Crippen molar-refractivity contribution in [2.24, 2.45) is 0 Å². The Balaban J connectivity index is 2.03. The molecule has 0 radical (unpaired) electrons. The van der Waals surface area contributed by atoms with Crippen molar-refractivity contribution in [1.82, 2.24) is 0 Å². The third kappa shape index (κ3) is 3.73. The first-order chi connectivity index (χ1) is 8.97. The second kappa shape index (κ2) is 5.65. The van der Waals surface area contributed by atoms with Crippen LogP contribution in [0.5, 0.6) is 5.75 Å². The molecule has 0 aromatic heterocycles. The van der Waals surface area contributed by atoms with E-state index in [0.717, 1.165) is 16.6 Å². The number of rotatable bonds is 3. The Labute approximate surface area is 117 Å². The number of para-hydroxylation sites is 1. The molecule has 2 rings (SSSR count). The van der Waals surface area contributed by atoms with Crippen LogP contribution in [0.25, 0.3) is 0 Å². The summed E-state index contributed by atoms with van der Waals surface area (Å²) in [4.78, 5) is 0. The molecule has 0 saturated heterocycles. The highest BCUT2D eigenvalue weighted by atomic mass is 79.9. The molecule has 0 N–H and O–H groups in total. The lowest BCUT2D eigenvalue weighted by molar-refractivity contribution is -0.137. The van der Waals surface area contributed by atoms with Crippen LogP contribution < -0.4 is 4.74 Å². The van der Waals surface area contributed by atoms with E-state index in [1.165, 1.54) is 12.1 Å². The SMILES string of the molecule is FC(F)(F)c1ccc(COc2ccccc2Br)cc1.